The van der Waals surface area contributed by atoms with Crippen molar-refractivity contribution in [3.8, 4) is 0 Å². The van der Waals surface area contributed by atoms with Crippen LogP contribution in [0.2, 0.25) is 0 Å². The summed E-state index contributed by atoms with van der Waals surface area (Å²) in [6.07, 6.45) is 0. The number of carbonyl (C=O) groups excluding carboxylic acids is 2. The van der Waals surface area contributed by atoms with E-state index in [1.165, 1.54) is 4.68 Å². The molecule has 0 fully saturated rings. The molecule has 0 atom stereocenters. The maximum Gasteiger partial charge on any atom is 0.275 e. The Morgan fingerprint density at radius 3 is 2.37 bits per heavy atom. The Hall–Kier alpha value is -3.48. The van der Waals surface area contributed by atoms with Crippen LogP contribution in [0.3, 0.4) is 0 Å². The molecular weight excluding hydrogens is 344 g/mol. The van der Waals surface area contributed by atoms with E-state index >= 15 is 0 Å². The van der Waals surface area contributed by atoms with Crippen LogP contribution in [-0.2, 0) is 17.9 Å². The summed E-state index contributed by atoms with van der Waals surface area (Å²) in [5, 5.41) is 10.9. The monoisotopic (exact) mass is 364 g/mol. The number of carbonyl (C=O) groups is 2. The minimum absolute atomic E-state index is 0.152. The molecule has 3 aromatic rings. The second-order valence-electron chi connectivity index (χ2n) is 6.15. The molecule has 2 aromatic carbocycles. The van der Waals surface area contributed by atoms with Crippen LogP contribution in [0.4, 0.5) is 0 Å². The van der Waals surface area contributed by atoms with Gasteiger partial charge in [0, 0.05) is 24.5 Å². The van der Waals surface area contributed by atoms with E-state index in [-0.39, 0.29) is 23.9 Å². The molecule has 7 heteroatoms. The van der Waals surface area contributed by atoms with Crippen LogP contribution in [-0.4, -0.2) is 28.6 Å². The van der Waals surface area contributed by atoms with Crippen LogP contribution in [0.15, 0.2) is 53.3 Å². The summed E-state index contributed by atoms with van der Waals surface area (Å²) in [6, 6.07) is 14.1. The first-order chi connectivity index (χ1) is 13.0. The Morgan fingerprint density at radius 2 is 1.70 bits per heavy atom. The number of rotatable bonds is 5. The summed E-state index contributed by atoms with van der Waals surface area (Å²) in [5.41, 5.74) is 1.81. The molecule has 0 radical (unpaired) electrons. The number of aryl methyl sites for hydroxylation is 1. The first kappa shape index (κ1) is 18.3. The van der Waals surface area contributed by atoms with E-state index in [2.05, 4.69) is 15.7 Å². The number of hydrogen-bond acceptors (Lipinski definition) is 4. The Balaban J connectivity index is 1.68. The SMILES string of the molecule is CNC(=O)c1ccc(CNC(=O)Cn2nc(C)c3ccccc3c2=O)cc1. The van der Waals surface area contributed by atoms with Gasteiger partial charge in [0.2, 0.25) is 5.91 Å². The fourth-order valence-electron chi connectivity index (χ4n) is 2.82. The smallest absolute Gasteiger partial charge is 0.275 e. The van der Waals surface area contributed by atoms with E-state index in [4.69, 9.17) is 0 Å². The minimum atomic E-state index is -0.311. The van der Waals surface area contributed by atoms with E-state index in [1.807, 2.05) is 19.1 Å². The largest absolute Gasteiger partial charge is 0.355 e. The van der Waals surface area contributed by atoms with Crippen molar-refractivity contribution in [2.75, 3.05) is 7.05 Å². The molecule has 0 unspecified atom stereocenters. The van der Waals surface area contributed by atoms with E-state index in [0.29, 0.717) is 23.2 Å². The Bertz CT molecular complexity index is 1060. The predicted molar refractivity (Wildman–Crippen MR) is 102 cm³/mol. The molecule has 0 saturated carbocycles. The summed E-state index contributed by atoms with van der Waals surface area (Å²) >= 11 is 0. The minimum Gasteiger partial charge on any atom is -0.355 e. The lowest BCUT2D eigenvalue weighted by Crippen LogP contribution is -2.33. The van der Waals surface area contributed by atoms with Crippen LogP contribution in [0.1, 0.15) is 21.6 Å². The standard InChI is InChI=1S/C20H20N4O3/c1-13-16-5-3-4-6-17(16)20(27)24(23-13)12-18(25)22-11-14-7-9-15(10-8-14)19(26)21-2/h3-10H,11-12H2,1-2H3,(H,21,26)(H,22,25). The summed E-state index contributed by atoms with van der Waals surface area (Å²) < 4.78 is 1.18. The molecule has 1 heterocycles. The molecule has 138 valence electrons. The average molecular weight is 364 g/mol. The average Bonchev–Trinajstić information content (AvgIpc) is 2.70. The van der Waals surface area contributed by atoms with Gasteiger partial charge in [-0.05, 0) is 30.7 Å². The molecule has 27 heavy (non-hydrogen) atoms. The number of fused-ring (bicyclic) bond motifs is 1. The molecule has 0 aliphatic rings. The van der Waals surface area contributed by atoms with Gasteiger partial charge in [0.05, 0.1) is 11.1 Å². The molecule has 0 bridgehead atoms. The van der Waals surface area contributed by atoms with Crippen LogP contribution < -0.4 is 16.2 Å². The highest BCUT2D eigenvalue weighted by Gasteiger charge is 2.11. The van der Waals surface area contributed by atoms with Crippen molar-refractivity contribution in [3.05, 3.63) is 75.7 Å². The molecule has 0 aliphatic heterocycles. The number of benzene rings is 2. The van der Waals surface area contributed by atoms with Crippen LogP contribution in [0.5, 0.6) is 0 Å². The highest BCUT2D eigenvalue weighted by Crippen LogP contribution is 2.11. The van der Waals surface area contributed by atoms with Gasteiger partial charge in [0.1, 0.15) is 6.54 Å². The molecule has 7 nitrogen and oxygen atoms in total. The first-order valence-corrected chi connectivity index (χ1v) is 8.54. The molecule has 0 spiro atoms. The number of amides is 2. The number of hydrogen-bond donors (Lipinski definition) is 2. The third kappa shape index (κ3) is 4.03. The molecule has 0 aliphatic carbocycles. The van der Waals surface area contributed by atoms with Crippen LogP contribution >= 0.6 is 0 Å². The normalized spacial score (nSPS) is 10.6. The van der Waals surface area contributed by atoms with E-state index in [0.717, 1.165) is 10.9 Å². The zero-order valence-electron chi connectivity index (χ0n) is 15.2. The van der Waals surface area contributed by atoms with Gasteiger partial charge in [0.15, 0.2) is 0 Å². The van der Waals surface area contributed by atoms with Crippen LogP contribution in [0.25, 0.3) is 10.8 Å². The predicted octanol–water partition coefficient (Wildman–Crippen LogP) is 1.38. The molecule has 0 saturated heterocycles. The van der Waals surface area contributed by atoms with Gasteiger partial charge in [-0.1, -0.05) is 30.3 Å². The Morgan fingerprint density at radius 1 is 1.04 bits per heavy atom. The Kier molecular flexibility index (Phi) is 5.30. The second-order valence-corrected chi connectivity index (χ2v) is 6.15. The van der Waals surface area contributed by atoms with Gasteiger partial charge in [-0.25, -0.2) is 4.68 Å². The van der Waals surface area contributed by atoms with Crippen molar-refractivity contribution in [1.82, 2.24) is 20.4 Å². The van der Waals surface area contributed by atoms with Gasteiger partial charge in [-0.2, -0.15) is 5.10 Å². The lowest BCUT2D eigenvalue weighted by Gasteiger charge is -2.10. The van der Waals surface area contributed by atoms with Crippen molar-refractivity contribution in [1.29, 1.82) is 0 Å². The van der Waals surface area contributed by atoms with Gasteiger partial charge in [-0.15, -0.1) is 0 Å². The molecule has 2 N–H and O–H groups in total. The maximum atomic E-state index is 12.5. The summed E-state index contributed by atoms with van der Waals surface area (Å²) in [7, 11) is 1.57. The van der Waals surface area contributed by atoms with Gasteiger partial charge < -0.3 is 10.6 Å². The first-order valence-electron chi connectivity index (χ1n) is 8.54. The zero-order valence-corrected chi connectivity index (χ0v) is 15.2. The van der Waals surface area contributed by atoms with E-state index < -0.39 is 0 Å². The maximum absolute atomic E-state index is 12.5. The number of nitrogens with one attached hydrogen (secondary N) is 2. The van der Waals surface area contributed by atoms with Crippen molar-refractivity contribution >= 4 is 22.6 Å². The lowest BCUT2D eigenvalue weighted by atomic mass is 10.1. The van der Waals surface area contributed by atoms with Gasteiger partial charge >= 0.3 is 0 Å². The highest BCUT2D eigenvalue weighted by atomic mass is 16.2. The fourth-order valence-corrected chi connectivity index (χ4v) is 2.82. The molecule has 3 rings (SSSR count). The number of aromatic nitrogens is 2. The third-order valence-corrected chi connectivity index (χ3v) is 4.28. The topological polar surface area (TPSA) is 93.1 Å². The molecule has 1 aromatic heterocycles. The quantitative estimate of drug-likeness (QED) is 0.715. The molecule has 2 amide bonds. The fraction of sp³-hybridized carbons (Fsp3) is 0.200. The van der Waals surface area contributed by atoms with Crippen molar-refractivity contribution < 1.29 is 9.59 Å². The van der Waals surface area contributed by atoms with E-state index in [1.54, 1.807) is 43.4 Å². The van der Waals surface area contributed by atoms with Crippen molar-refractivity contribution in [3.63, 3.8) is 0 Å². The van der Waals surface area contributed by atoms with E-state index in [9.17, 15) is 14.4 Å². The summed E-state index contributed by atoms with van der Waals surface area (Å²) in [6.45, 7) is 1.96. The second kappa shape index (κ2) is 7.82. The lowest BCUT2D eigenvalue weighted by molar-refractivity contribution is -0.122. The number of nitrogens with zero attached hydrogens (tertiary/aromatic N) is 2. The highest BCUT2D eigenvalue weighted by molar-refractivity contribution is 5.94. The van der Waals surface area contributed by atoms with Crippen LogP contribution in [0, 0.1) is 6.92 Å². The zero-order chi connectivity index (χ0) is 19.4. The van der Waals surface area contributed by atoms with Gasteiger partial charge in [0.25, 0.3) is 11.5 Å². The summed E-state index contributed by atoms with van der Waals surface area (Å²) in [4.78, 5) is 36.3. The summed E-state index contributed by atoms with van der Waals surface area (Å²) in [5.74, 6) is -0.475. The van der Waals surface area contributed by atoms with Crippen molar-refractivity contribution in [2.24, 2.45) is 0 Å². The third-order valence-electron chi connectivity index (χ3n) is 4.28. The van der Waals surface area contributed by atoms with Gasteiger partial charge in [-0.3, -0.25) is 14.4 Å². The Labute approximate surface area is 156 Å². The van der Waals surface area contributed by atoms with Crippen molar-refractivity contribution in [2.45, 2.75) is 20.0 Å². The molecular formula is C20H20N4O3.